The minimum atomic E-state index is -3.66. The monoisotopic (exact) mass is 372 g/mol. The van der Waals surface area contributed by atoms with Crippen LogP contribution in [0.1, 0.15) is 12.5 Å². The first kappa shape index (κ1) is 17.0. The molecule has 0 unspecified atom stereocenters. The highest BCUT2D eigenvalue weighted by molar-refractivity contribution is 7.89. The molecule has 136 valence electrons. The quantitative estimate of drug-likeness (QED) is 0.703. The molecule has 3 aromatic rings. The Labute approximate surface area is 152 Å². The van der Waals surface area contributed by atoms with Crippen LogP contribution in [0.2, 0.25) is 0 Å². The fraction of sp³-hybridized carbons (Fsp3) is 0.333. The lowest BCUT2D eigenvalue weighted by molar-refractivity contribution is 0.314. The van der Waals surface area contributed by atoms with Crippen molar-refractivity contribution >= 4 is 26.7 Å². The van der Waals surface area contributed by atoms with E-state index in [9.17, 15) is 8.42 Å². The molecule has 26 heavy (non-hydrogen) atoms. The molecule has 0 saturated carbocycles. The minimum Gasteiger partial charge on any atom is -0.366 e. The van der Waals surface area contributed by atoms with Crippen molar-refractivity contribution in [2.45, 2.75) is 24.8 Å². The van der Waals surface area contributed by atoms with Crippen molar-refractivity contribution in [3.8, 4) is 0 Å². The zero-order valence-corrected chi connectivity index (χ0v) is 15.5. The maximum Gasteiger partial charge on any atom is 0.245 e. The molecule has 1 aliphatic heterocycles. The van der Waals surface area contributed by atoms with Crippen LogP contribution in [0.5, 0.6) is 0 Å². The van der Waals surface area contributed by atoms with E-state index in [2.05, 4.69) is 40.3 Å². The van der Waals surface area contributed by atoms with E-state index in [1.165, 1.54) is 9.87 Å². The van der Waals surface area contributed by atoms with Gasteiger partial charge in [0.2, 0.25) is 10.0 Å². The summed E-state index contributed by atoms with van der Waals surface area (Å²) in [5.41, 5.74) is 3.03. The van der Waals surface area contributed by atoms with Crippen LogP contribution in [-0.2, 0) is 10.0 Å². The second-order valence-corrected chi connectivity index (χ2v) is 8.54. The molecule has 1 aromatic heterocycles. The summed E-state index contributed by atoms with van der Waals surface area (Å²) in [6, 6.07) is 13.2. The Morgan fingerprint density at radius 2 is 1.92 bits per heavy atom. The zero-order valence-electron chi connectivity index (χ0n) is 14.7. The molecule has 1 saturated heterocycles. The molecule has 1 aliphatic rings. The minimum absolute atomic E-state index is 0.0648. The number of piperazine rings is 1. The fourth-order valence-electron chi connectivity index (χ4n) is 3.46. The predicted molar refractivity (Wildman–Crippen MR) is 98.5 cm³/mol. The zero-order chi connectivity index (χ0) is 18.3. The lowest BCUT2D eigenvalue weighted by atomic mass is 10.1. The Hall–Kier alpha value is -2.45. The third-order valence-electron chi connectivity index (χ3n) is 4.79. The van der Waals surface area contributed by atoms with Gasteiger partial charge in [0.1, 0.15) is 10.4 Å². The van der Waals surface area contributed by atoms with E-state index in [0.717, 1.165) is 5.69 Å². The number of hydrogen-bond acceptors (Lipinski definition) is 6. The number of anilines is 1. The molecular weight excluding hydrogens is 352 g/mol. The highest BCUT2D eigenvalue weighted by Gasteiger charge is 2.34. The topological polar surface area (TPSA) is 79.5 Å². The Morgan fingerprint density at radius 3 is 2.69 bits per heavy atom. The molecule has 8 heteroatoms. The van der Waals surface area contributed by atoms with E-state index in [1.54, 1.807) is 18.2 Å². The molecule has 0 aliphatic carbocycles. The highest BCUT2D eigenvalue weighted by Crippen LogP contribution is 2.27. The van der Waals surface area contributed by atoms with Gasteiger partial charge in [0, 0.05) is 31.4 Å². The lowest BCUT2D eigenvalue weighted by Crippen LogP contribution is -2.53. The first-order valence-corrected chi connectivity index (χ1v) is 9.95. The number of sulfonamides is 1. The third kappa shape index (κ3) is 2.85. The first-order chi connectivity index (χ1) is 12.5. The van der Waals surface area contributed by atoms with Gasteiger partial charge in [0.25, 0.3) is 0 Å². The summed E-state index contributed by atoms with van der Waals surface area (Å²) in [5.74, 6) is 0. The van der Waals surface area contributed by atoms with Crippen molar-refractivity contribution in [1.29, 1.82) is 0 Å². The molecule has 4 rings (SSSR count). The highest BCUT2D eigenvalue weighted by atomic mass is 32.2. The van der Waals surface area contributed by atoms with Gasteiger partial charge < -0.3 is 4.90 Å². The summed E-state index contributed by atoms with van der Waals surface area (Å²) in [7, 11) is -3.66. The Balaban J connectivity index is 1.61. The maximum absolute atomic E-state index is 13.1. The second kappa shape index (κ2) is 6.37. The normalized spacial score (nSPS) is 19.2. The first-order valence-electron chi connectivity index (χ1n) is 8.51. The molecule has 2 aromatic carbocycles. The predicted octanol–water partition coefficient (Wildman–Crippen LogP) is 2.43. The van der Waals surface area contributed by atoms with Gasteiger partial charge in [0.05, 0.1) is 0 Å². The van der Waals surface area contributed by atoms with Crippen LogP contribution < -0.4 is 4.90 Å². The Bertz CT molecular complexity index is 1050. The van der Waals surface area contributed by atoms with E-state index in [4.69, 9.17) is 4.63 Å². The molecule has 7 nitrogen and oxygen atoms in total. The average Bonchev–Trinajstić information content (AvgIpc) is 3.10. The number of rotatable bonds is 3. The van der Waals surface area contributed by atoms with Gasteiger partial charge in [-0.3, -0.25) is 0 Å². The molecule has 0 spiro atoms. The van der Waals surface area contributed by atoms with Crippen LogP contribution in [0, 0.1) is 6.92 Å². The summed E-state index contributed by atoms with van der Waals surface area (Å²) < 4.78 is 32.5. The molecule has 0 N–H and O–H groups in total. The van der Waals surface area contributed by atoms with Gasteiger partial charge >= 0.3 is 0 Å². The number of aryl methyl sites for hydroxylation is 1. The maximum atomic E-state index is 13.1. The Kier molecular flexibility index (Phi) is 4.16. The van der Waals surface area contributed by atoms with Crippen molar-refractivity contribution in [2.75, 3.05) is 24.5 Å². The summed E-state index contributed by atoms with van der Waals surface area (Å²) >= 11 is 0. The number of benzene rings is 2. The van der Waals surface area contributed by atoms with E-state index in [-0.39, 0.29) is 16.5 Å². The third-order valence-corrected chi connectivity index (χ3v) is 6.69. The summed E-state index contributed by atoms with van der Waals surface area (Å²) in [6.45, 7) is 5.57. The van der Waals surface area contributed by atoms with Gasteiger partial charge in [-0.1, -0.05) is 18.2 Å². The number of nitrogens with zero attached hydrogens (tertiary/aromatic N) is 4. The molecule has 0 amide bonds. The average molecular weight is 372 g/mol. The van der Waals surface area contributed by atoms with Crippen LogP contribution >= 0.6 is 0 Å². The molecule has 0 bridgehead atoms. The van der Waals surface area contributed by atoms with Gasteiger partial charge in [-0.2, -0.15) is 4.31 Å². The van der Waals surface area contributed by atoms with Gasteiger partial charge in [-0.05, 0) is 54.0 Å². The van der Waals surface area contributed by atoms with Crippen molar-refractivity contribution in [2.24, 2.45) is 0 Å². The van der Waals surface area contributed by atoms with Crippen molar-refractivity contribution < 1.29 is 13.0 Å². The SMILES string of the molecule is Cc1cccc(N2CCN(S(=O)(=O)c3cccc4nonc34)C[C@H]2C)c1. The van der Waals surface area contributed by atoms with Crippen LogP contribution in [0.4, 0.5) is 5.69 Å². The van der Waals surface area contributed by atoms with Crippen LogP contribution in [0.25, 0.3) is 11.0 Å². The number of aromatic nitrogens is 2. The van der Waals surface area contributed by atoms with Crippen molar-refractivity contribution in [1.82, 2.24) is 14.6 Å². The van der Waals surface area contributed by atoms with E-state index >= 15 is 0 Å². The van der Waals surface area contributed by atoms with Gasteiger partial charge in [0.15, 0.2) is 5.52 Å². The Morgan fingerprint density at radius 1 is 1.12 bits per heavy atom. The molecule has 1 atom stereocenters. The summed E-state index contributed by atoms with van der Waals surface area (Å²) in [5, 5.41) is 7.50. The molecule has 0 radical (unpaired) electrons. The van der Waals surface area contributed by atoms with Crippen molar-refractivity contribution in [3.63, 3.8) is 0 Å². The largest absolute Gasteiger partial charge is 0.366 e. The summed E-state index contributed by atoms with van der Waals surface area (Å²) in [4.78, 5) is 2.39. The van der Waals surface area contributed by atoms with Crippen LogP contribution in [-0.4, -0.2) is 48.7 Å². The fourth-order valence-corrected chi connectivity index (χ4v) is 5.11. The number of hydrogen-bond donors (Lipinski definition) is 0. The van der Waals surface area contributed by atoms with E-state index < -0.39 is 10.0 Å². The molecular formula is C18H20N4O3S. The molecule has 1 fully saturated rings. The lowest BCUT2D eigenvalue weighted by Gasteiger charge is -2.40. The smallest absolute Gasteiger partial charge is 0.245 e. The second-order valence-electron chi connectivity index (χ2n) is 6.63. The van der Waals surface area contributed by atoms with Crippen molar-refractivity contribution in [3.05, 3.63) is 48.0 Å². The van der Waals surface area contributed by atoms with Crippen LogP contribution in [0.3, 0.4) is 0 Å². The molecule has 2 heterocycles. The van der Waals surface area contributed by atoms with E-state index in [0.29, 0.717) is 25.2 Å². The standard InChI is InChI=1S/C18H20N4O3S/c1-13-5-3-6-15(11-13)22-10-9-21(12-14(22)2)26(23,24)17-8-4-7-16-18(17)20-25-19-16/h3-8,11,14H,9-10,12H2,1-2H3/t14-/m1/s1. The number of fused-ring (bicyclic) bond motifs is 1. The summed E-state index contributed by atoms with van der Waals surface area (Å²) in [6.07, 6.45) is 0. The van der Waals surface area contributed by atoms with E-state index in [1.807, 2.05) is 13.0 Å². The van der Waals surface area contributed by atoms with Gasteiger partial charge in [-0.15, -0.1) is 0 Å². The van der Waals surface area contributed by atoms with Crippen LogP contribution in [0.15, 0.2) is 52.0 Å². The van der Waals surface area contributed by atoms with Gasteiger partial charge in [-0.25, -0.2) is 13.0 Å².